The predicted molar refractivity (Wildman–Crippen MR) is 98.7 cm³/mol. The number of hydrogen-bond acceptors (Lipinski definition) is 3. The smallest absolute Gasteiger partial charge is 0.254 e. The van der Waals surface area contributed by atoms with Crippen molar-refractivity contribution in [2.24, 2.45) is 11.3 Å². The highest BCUT2D eigenvalue weighted by atomic mass is 32.2. The molecule has 1 N–H and O–H groups in total. The third-order valence-electron chi connectivity index (χ3n) is 5.76. The number of benzene rings is 1. The minimum atomic E-state index is -3.21. The van der Waals surface area contributed by atoms with Gasteiger partial charge in [0.15, 0.2) is 0 Å². The van der Waals surface area contributed by atoms with E-state index in [0.29, 0.717) is 44.5 Å². The van der Waals surface area contributed by atoms with Crippen molar-refractivity contribution in [2.75, 3.05) is 25.4 Å². The van der Waals surface area contributed by atoms with Crippen LogP contribution >= 0.6 is 0 Å². The molecule has 8 heteroatoms. The lowest BCUT2D eigenvalue weighted by Crippen LogP contribution is -2.48. The molecular weight excluding hydrogens is 374 g/mol. The van der Waals surface area contributed by atoms with E-state index in [0.717, 1.165) is 18.6 Å². The molecule has 0 unspecified atom stereocenters. The molecule has 1 aromatic rings. The molecule has 0 radical (unpaired) electrons. The number of carbonyl (C=O) groups is 1. The van der Waals surface area contributed by atoms with Crippen molar-refractivity contribution in [3.05, 3.63) is 35.4 Å². The summed E-state index contributed by atoms with van der Waals surface area (Å²) in [7, 11) is -3.21. The van der Waals surface area contributed by atoms with Crippen LogP contribution < -0.4 is 5.32 Å². The third kappa shape index (κ3) is 4.85. The van der Waals surface area contributed by atoms with Crippen molar-refractivity contribution in [3.8, 4) is 0 Å². The molecule has 2 fully saturated rings. The average Bonchev–Trinajstić information content (AvgIpc) is 3.44. The summed E-state index contributed by atoms with van der Waals surface area (Å²) >= 11 is 0. The summed E-state index contributed by atoms with van der Waals surface area (Å²) in [5.41, 5.74) is -0.350. The van der Waals surface area contributed by atoms with Crippen LogP contribution in [-0.4, -0.2) is 44.0 Å². The lowest BCUT2D eigenvalue weighted by atomic mass is 9.74. The van der Waals surface area contributed by atoms with Crippen LogP contribution in [0.25, 0.3) is 0 Å². The summed E-state index contributed by atoms with van der Waals surface area (Å²) < 4.78 is 52.6. The van der Waals surface area contributed by atoms with Crippen molar-refractivity contribution in [1.29, 1.82) is 0 Å². The Morgan fingerprint density at radius 2 is 1.93 bits per heavy atom. The van der Waals surface area contributed by atoms with E-state index in [2.05, 4.69) is 5.32 Å². The second kappa shape index (κ2) is 7.83. The Hall–Kier alpha value is -1.54. The molecule has 0 aromatic heterocycles. The number of piperidine rings is 1. The lowest BCUT2D eigenvalue weighted by Gasteiger charge is -2.41. The number of sulfonamides is 1. The van der Waals surface area contributed by atoms with E-state index in [1.54, 1.807) is 6.92 Å². The Labute approximate surface area is 159 Å². The van der Waals surface area contributed by atoms with E-state index in [-0.39, 0.29) is 16.7 Å². The standard InChI is InChI=1S/C19H26F2N2O3S/c1-2-27(25,26)23-9-7-19(8-10-23,12-14-3-4-14)13-22-18(24)16-6-5-15(20)11-17(16)21/h5-6,11,14H,2-4,7-10,12-13H2,1H3,(H,22,24). The topological polar surface area (TPSA) is 66.5 Å². The first kappa shape index (κ1) is 20.2. The van der Waals surface area contributed by atoms with Gasteiger partial charge in [0.05, 0.1) is 11.3 Å². The van der Waals surface area contributed by atoms with Crippen LogP contribution in [0.4, 0.5) is 8.78 Å². The van der Waals surface area contributed by atoms with Crippen LogP contribution in [0, 0.1) is 23.0 Å². The molecule has 27 heavy (non-hydrogen) atoms. The van der Waals surface area contributed by atoms with Gasteiger partial charge in [-0.1, -0.05) is 12.8 Å². The van der Waals surface area contributed by atoms with E-state index in [1.807, 2.05) is 0 Å². The van der Waals surface area contributed by atoms with E-state index in [4.69, 9.17) is 0 Å². The molecule has 0 bridgehead atoms. The SMILES string of the molecule is CCS(=O)(=O)N1CCC(CNC(=O)c2ccc(F)cc2F)(CC2CC2)CC1. The number of rotatable bonds is 7. The zero-order chi connectivity index (χ0) is 19.7. The first-order valence-electron chi connectivity index (χ1n) is 9.46. The normalized spacial score (nSPS) is 20.4. The van der Waals surface area contributed by atoms with Crippen LogP contribution in [-0.2, 0) is 10.0 Å². The molecule has 3 rings (SSSR count). The molecule has 0 atom stereocenters. The van der Waals surface area contributed by atoms with Crippen molar-refractivity contribution in [3.63, 3.8) is 0 Å². The maximum absolute atomic E-state index is 13.8. The monoisotopic (exact) mass is 400 g/mol. The maximum atomic E-state index is 13.8. The first-order chi connectivity index (χ1) is 12.7. The fourth-order valence-corrected chi connectivity index (χ4v) is 4.95. The van der Waals surface area contributed by atoms with Crippen molar-refractivity contribution >= 4 is 15.9 Å². The molecule has 1 heterocycles. The van der Waals surface area contributed by atoms with Gasteiger partial charge in [0.2, 0.25) is 10.0 Å². The van der Waals surface area contributed by atoms with Crippen LogP contribution in [0.5, 0.6) is 0 Å². The Morgan fingerprint density at radius 1 is 1.26 bits per heavy atom. The molecule has 1 amide bonds. The summed E-state index contributed by atoms with van der Waals surface area (Å²) in [5, 5.41) is 2.80. The van der Waals surface area contributed by atoms with Crippen molar-refractivity contribution in [2.45, 2.75) is 39.0 Å². The highest BCUT2D eigenvalue weighted by Gasteiger charge is 2.41. The minimum absolute atomic E-state index is 0.0865. The lowest BCUT2D eigenvalue weighted by molar-refractivity contribution is 0.0867. The largest absolute Gasteiger partial charge is 0.351 e. The summed E-state index contributed by atoms with van der Waals surface area (Å²) in [4.78, 5) is 12.4. The molecule has 1 aliphatic heterocycles. The van der Waals surface area contributed by atoms with E-state index in [9.17, 15) is 22.0 Å². The Morgan fingerprint density at radius 3 is 2.48 bits per heavy atom. The zero-order valence-corrected chi connectivity index (χ0v) is 16.3. The van der Waals surface area contributed by atoms with Gasteiger partial charge in [0.1, 0.15) is 11.6 Å². The van der Waals surface area contributed by atoms with Gasteiger partial charge in [0.25, 0.3) is 5.91 Å². The number of amides is 1. The first-order valence-corrected chi connectivity index (χ1v) is 11.1. The Kier molecular flexibility index (Phi) is 5.86. The van der Waals surface area contributed by atoms with E-state index >= 15 is 0 Å². The fourth-order valence-electron chi connectivity index (χ4n) is 3.85. The molecule has 0 spiro atoms. The molecule has 1 saturated heterocycles. The van der Waals surface area contributed by atoms with E-state index < -0.39 is 27.6 Å². The molecule has 1 aliphatic carbocycles. The molecule has 1 saturated carbocycles. The molecule has 150 valence electrons. The van der Waals surface area contributed by atoms with Gasteiger partial charge in [-0.3, -0.25) is 4.79 Å². The highest BCUT2D eigenvalue weighted by Crippen LogP contribution is 2.45. The number of halogens is 2. The second-order valence-electron chi connectivity index (χ2n) is 7.75. The second-order valence-corrected chi connectivity index (χ2v) is 10.0. The van der Waals surface area contributed by atoms with Crippen LogP contribution in [0.3, 0.4) is 0 Å². The van der Waals surface area contributed by atoms with Crippen LogP contribution in [0.2, 0.25) is 0 Å². The van der Waals surface area contributed by atoms with Crippen LogP contribution in [0.15, 0.2) is 18.2 Å². The van der Waals surface area contributed by atoms with Crippen LogP contribution in [0.1, 0.15) is 49.4 Å². The molecule has 1 aromatic carbocycles. The summed E-state index contributed by atoms with van der Waals surface area (Å²) in [6, 6.07) is 2.90. The molecule has 2 aliphatic rings. The summed E-state index contributed by atoms with van der Waals surface area (Å²) in [5.74, 6) is -1.46. The third-order valence-corrected chi connectivity index (χ3v) is 7.64. The van der Waals surface area contributed by atoms with Crippen molar-refractivity contribution in [1.82, 2.24) is 9.62 Å². The van der Waals surface area contributed by atoms with Gasteiger partial charge in [-0.15, -0.1) is 0 Å². The number of nitrogens with one attached hydrogen (secondary N) is 1. The summed E-state index contributed by atoms with van der Waals surface area (Å²) in [6.07, 6.45) is 4.63. The highest BCUT2D eigenvalue weighted by molar-refractivity contribution is 7.89. The zero-order valence-electron chi connectivity index (χ0n) is 15.5. The molecule has 5 nitrogen and oxygen atoms in total. The van der Waals surface area contributed by atoms with Gasteiger partial charge < -0.3 is 5.32 Å². The van der Waals surface area contributed by atoms with Gasteiger partial charge in [-0.25, -0.2) is 21.5 Å². The predicted octanol–water partition coefficient (Wildman–Crippen LogP) is 2.93. The average molecular weight is 400 g/mol. The van der Waals surface area contributed by atoms with Gasteiger partial charge in [0, 0.05) is 25.7 Å². The molecular formula is C19H26F2N2O3S. The number of nitrogens with zero attached hydrogens (tertiary/aromatic N) is 1. The quantitative estimate of drug-likeness (QED) is 0.765. The Balaban J connectivity index is 1.66. The number of carbonyl (C=O) groups excluding carboxylic acids is 1. The van der Waals surface area contributed by atoms with Gasteiger partial charge in [-0.05, 0) is 49.7 Å². The number of hydrogen-bond donors (Lipinski definition) is 1. The fraction of sp³-hybridized carbons (Fsp3) is 0.632. The van der Waals surface area contributed by atoms with Gasteiger partial charge in [-0.2, -0.15) is 0 Å². The minimum Gasteiger partial charge on any atom is -0.351 e. The van der Waals surface area contributed by atoms with Crippen molar-refractivity contribution < 1.29 is 22.0 Å². The summed E-state index contributed by atoms with van der Waals surface area (Å²) in [6.45, 7) is 2.91. The van der Waals surface area contributed by atoms with E-state index in [1.165, 1.54) is 17.1 Å². The maximum Gasteiger partial charge on any atom is 0.254 e. The Bertz CT molecular complexity index is 801. The van der Waals surface area contributed by atoms with Gasteiger partial charge >= 0.3 is 0 Å².